The summed E-state index contributed by atoms with van der Waals surface area (Å²) in [6.45, 7) is 1.68. The van der Waals surface area contributed by atoms with Gasteiger partial charge in [-0.05, 0) is 19.2 Å². The second kappa shape index (κ2) is 10.4. The molecule has 6 aliphatic rings. The number of hydrogen-bond donors (Lipinski definition) is 4. The number of benzene rings is 1. The molecule has 1 saturated heterocycles. The first kappa shape index (κ1) is 32.4. The van der Waals surface area contributed by atoms with E-state index in [4.69, 9.17) is 28.4 Å². The maximum Gasteiger partial charge on any atom is 0.338 e. The Bertz CT molecular complexity index is 1400. The average Bonchev–Trinajstić information content (AvgIpc) is 3.38. The molecule has 0 amide bonds. The molecule has 15 atom stereocenters. The molecule has 1 spiro atoms. The van der Waals surface area contributed by atoms with E-state index < -0.39 is 106 Å². The molecule has 1 aliphatic heterocycles. The number of piperidine rings is 1. The lowest BCUT2D eigenvalue weighted by Gasteiger charge is -2.72. The Balaban J connectivity index is 1.56. The summed E-state index contributed by atoms with van der Waals surface area (Å²) >= 11 is 0. The Morgan fingerprint density at radius 2 is 1.67 bits per heavy atom. The fourth-order valence-corrected chi connectivity index (χ4v) is 12.2. The van der Waals surface area contributed by atoms with E-state index in [2.05, 4.69) is 0 Å². The van der Waals surface area contributed by atoms with Crippen molar-refractivity contribution in [3.63, 3.8) is 0 Å². The molecule has 0 aromatic heterocycles. The molecular weight excluding hydrogens is 602 g/mol. The van der Waals surface area contributed by atoms with Gasteiger partial charge in [-0.25, -0.2) is 4.79 Å². The molecule has 13 heteroatoms. The van der Waals surface area contributed by atoms with Crippen LogP contribution in [0.5, 0.6) is 0 Å². The first-order valence-corrected chi connectivity index (χ1v) is 15.9. The number of rotatable bonds is 8. The first-order valence-electron chi connectivity index (χ1n) is 15.9. The van der Waals surface area contributed by atoms with Crippen molar-refractivity contribution in [3.8, 4) is 0 Å². The fourth-order valence-electron chi connectivity index (χ4n) is 12.2. The van der Waals surface area contributed by atoms with E-state index >= 15 is 0 Å². The van der Waals surface area contributed by atoms with E-state index in [1.54, 1.807) is 37.4 Å². The molecule has 7 rings (SSSR count). The number of carbonyl (C=O) groups excluding carboxylic acids is 2. The standard InChI is InChI=1S/C33H45NO12/c1-16(35)46-33-20-21(43-5)22-29(15-41-3)14-34(2)24(20)32(22,19(42-4)12-18(29)36)31(40)13-30(39,27(44-6)25(33)37)26(23(31)33)45-28(38)17-10-8-7-9-11-17/h7-11,18-27,36-37,39-40H,12-15H2,1-6H3/t18-,19+,20+,21?,22?,23?,24?,25+,26?,27+,29+,30?,31?,32-,33+/m1/s1. The molecule has 6 fully saturated rings. The van der Waals surface area contributed by atoms with E-state index in [1.807, 2.05) is 11.9 Å². The largest absolute Gasteiger partial charge is 0.455 e. The number of likely N-dealkylation sites (tertiary alicyclic amines) is 1. The van der Waals surface area contributed by atoms with E-state index in [1.165, 1.54) is 28.3 Å². The summed E-state index contributed by atoms with van der Waals surface area (Å²) in [7, 11) is 7.77. The highest BCUT2D eigenvalue weighted by molar-refractivity contribution is 5.89. The predicted octanol–water partition coefficient (Wildman–Crippen LogP) is -0.627. The summed E-state index contributed by atoms with van der Waals surface area (Å²) in [6, 6.07) is 7.61. The van der Waals surface area contributed by atoms with Crippen LogP contribution in [0.2, 0.25) is 0 Å². The maximum atomic E-state index is 13.7. The summed E-state index contributed by atoms with van der Waals surface area (Å²) < 4.78 is 36.7. The highest BCUT2D eigenvalue weighted by atomic mass is 16.6. The highest BCUT2D eigenvalue weighted by Gasteiger charge is 2.96. The van der Waals surface area contributed by atoms with Crippen molar-refractivity contribution in [1.82, 2.24) is 4.90 Å². The molecule has 5 saturated carbocycles. The molecule has 1 heterocycles. The lowest BCUT2D eigenvalue weighted by atomic mass is 9.40. The zero-order valence-electron chi connectivity index (χ0n) is 27.0. The third-order valence-electron chi connectivity index (χ3n) is 12.9. The van der Waals surface area contributed by atoms with E-state index in [0.29, 0.717) is 6.54 Å². The Hall–Kier alpha value is -2.20. The number of aliphatic hydroxyl groups is 4. The molecule has 7 unspecified atom stereocenters. The average molecular weight is 648 g/mol. The van der Waals surface area contributed by atoms with Crippen LogP contribution in [0.3, 0.4) is 0 Å². The minimum absolute atomic E-state index is 0.113. The normalized spacial score (nSPS) is 51.5. The Kier molecular flexibility index (Phi) is 7.31. The smallest absolute Gasteiger partial charge is 0.338 e. The number of carbonyl (C=O) groups is 2. The van der Waals surface area contributed by atoms with Crippen LogP contribution < -0.4 is 0 Å². The molecular formula is C33H45NO12. The minimum atomic E-state index is -2.12. The Morgan fingerprint density at radius 1 is 0.978 bits per heavy atom. The van der Waals surface area contributed by atoms with Crippen LogP contribution in [0.25, 0.3) is 0 Å². The van der Waals surface area contributed by atoms with Crippen molar-refractivity contribution in [1.29, 1.82) is 0 Å². The molecule has 4 N–H and O–H groups in total. The summed E-state index contributed by atoms with van der Waals surface area (Å²) in [6.07, 6.45) is -7.39. The number of aliphatic hydroxyl groups excluding tert-OH is 2. The number of hydrogen-bond acceptors (Lipinski definition) is 13. The van der Waals surface area contributed by atoms with Crippen LogP contribution in [0.15, 0.2) is 30.3 Å². The van der Waals surface area contributed by atoms with Gasteiger partial charge in [0.25, 0.3) is 0 Å². The van der Waals surface area contributed by atoms with Crippen LogP contribution in [-0.4, -0.2) is 145 Å². The third-order valence-corrected chi connectivity index (χ3v) is 12.9. The van der Waals surface area contributed by atoms with Crippen molar-refractivity contribution >= 4 is 11.9 Å². The van der Waals surface area contributed by atoms with Crippen molar-refractivity contribution in [2.75, 3.05) is 48.6 Å². The monoisotopic (exact) mass is 647 g/mol. The number of methoxy groups -OCH3 is 4. The molecule has 1 aromatic rings. The quantitative estimate of drug-likeness (QED) is 0.263. The van der Waals surface area contributed by atoms with Crippen molar-refractivity contribution in [3.05, 3.63) is 35.9 Å². The zero-order valence-corrected chi connectivity index (χ0v) is 27.0. The maximum absolute atomic E-state index is 13.7. The summed E-state index contributed by atoms with van der Waals surface area (Å²) in [5.41, 5.74) is -8.16. The van der Waals surface area contributed by atoms with Gasteiger partial charge in [0.05, 0.1) is 42.0 Å². The van der Waals surface area contributed by atoms with Gasteiger partial charge in [-0.15, -0.1) is 0 Å². The van der Waals surface area contributed by atoms with Gasteiger partial charge >= 0.3 is 11.9 Å². The van der Waals surface area contributed by atoms with Crippen LogP contribution in [-0.2, 0) is 33.2 Å². The Labute approximate surface area is 267 Å². The summed E-state index contributed by atoms with van der Waals surface area (Å²) in [5.74, 6) is -4.35. The number of esters is 2. The van der Waals surface area contributed by atoms with Gasteiger partial charge in [0.1, 0.15) is 23.9 Å². The van der Waals surface area contributed by atoms with Crippen molar-refractivity contribution in [2.24, 2.45) is 28.6 Å². The van der Waals surface area contributed by atoms with E-state index in [-0.39, 0.29) is 18.6 Å². The number of fused-ring (bicyclic) bond motifs is 2. The van der Waals surface area contributed by atoms with Crippen LogP contribution >= 0.6 is 0 Å². The Morgan fingerprint density at radius 3 is 2.26 bits per heavy atom. The first-order chi connectivity index (χ1) is 21.8. The second-order valence-electron chi connectivity index (χ2n) is 14.4. The van der Waals surface area contributed by atoms with Gasteiger partial charge in [-0.1, -0.05) is 18.2 Å². The number of ether oxygens (including phenoxy) is 6. The lowest BCUT2D eigenvalue weighted by Crippen LogP contribution is -2.85. The van der Waals surface area contributed by atoms with E-state index in [9.17, 15) is 30.0 Å². The summed E-state index contributed by atoms with van der Waals surface area (Å²) in [4.78, 5) is 28.9. The van der Waals surface area contributed by atoms with Crippen molar-refractivity contribution < 1.29 is 58.4 Å². The molecule has 5 aliphatic carbocycles. The van der Waals surface area contributed by atoms with E-state index in [0.717, 1.165) is 0 Å². The second-order valence-corrected chi connectivity index (χ2v) is 14.4. The van der Waals surface area contributed by atoms with Crippen LogP contribution in [0.4, 0.5) is 0 Å². The van der Waals surface area contributed by atoms with Gasteiger partial charge in [-0.2, -0.15) is 0 Å². The molecule has 254 valence electrons. The van der Waals surface area contributed by atoms with Crippen molar-refractivity contribution in [2.45, 2.75) is 79.2 Å². The SMILES string of the molecule is COC[C@]12CN(C)C3[C@@H]4C(OC)C1[C@@]3([C@@H](OC)C[C@H]2O)C1(O)CC2(O)C(OC(=O)c3ccccc3)C1[C@]4(OC(C)=O)[C@@H](O)[C@@H]2OC. The third kappa shape index (κ3) is 3.41. The lowest BCUT2D eigenvalue weighted by molar-refractivity contribution is -0.353. The molecule has 46 heavy (non-hydrogen) atoms. The highest BCUT2D eigenvalue weighted by Crippen LogP contribution is 2.81. The summed E-state index contributed by atoms with van der Waals surface area (Å²) in [5, 5.41) is 50.8. The van der Waals surface area contributed by atoms with Gasteiger partial charge in [0, 0.05) is 83.5 Å². The molecule has 13 nitrogen and oxygen atoms in total. The molecule has 0 radical (unpaired) electrons. The van der Waals surface area contributed by atoms with Gasteiger partial charge in [0.2, 0.25) is 0 Å². The van der Waals surface area contributed by atoms with Gasteiger partial charge in [-0.3, -0.25) is 4.79 Å². The van der Waals surface area contributed by atoms with Crippen LogP contribution in [0.1, 0.15) is 30.1 Å². The van der Waals surface area contributed by atoms with Gasteiger partial charge < -0.3 is 53.7 Å². The minimum Gasteiger partial charge on any atom is -0.455 e. The number of nitrogens with zero attached hydrogens (tertiary/aromatic N) is 1. The predicted molar refractivity (Wildman–Crippen MR) is 157 cm³/mol. The molecule has 1 aromatic carbocycles. The zero-order chi connectivity index (χ0) is 33.2. The van der Waals surface area contributed by atoms with Gasteiger partial charge in [0.15, 0.2) is 5.60 Å². The molecule has 7 bridgehead atoms. The topological polar surface area (TPSA) is 174 Å². The fraction of sp³-hybridized carbons (Fsp3) is 0.758. The van der Waals surface area contributed by atoms with Crippen LogP contribution in [0, 0.1) is 28.6 Å².